The van der Waals surface area contributed by atoms with E-state index in [1.54, 1.807) is 12.4 Å². The summed E-state index contributed by atoms with van der Waals surface area (Å²) in [6.07, 6.45) is 3.43. The van der Waals surface area contributed by atoms with Crippen LogP contribution in [0.25, 0.3) is 5.57 Å². The predicted octanol–water partition coefficient (Wildman–Crippen LogP) is 3.25. The van der Waals surface area contributed by atoms with Gasteiger partial charge in [0.25, 0.3) is 0 Å². The molecule has 0 aliphatic carbocycles. The normalized spacial score (nSPS) is 9.36. The summed E-state index contributed by atoms with van der Waals surface area (Å²) in [7, 11) is 0. The fourth-order valence-corrected chi connectivity index (χ4v) is 0.912. The highest BCUT2D eigenvalue weighted by atomic mass is 35.5. The lowest BCUT2D eigenvalue weighted by Gasteiger charge is -1.98. The molecule has 1 aromatic heterocycles. The third kappa shape index (κ3) is 2.21. The summed E-state index contributed by atoms with van der Waals surface area (Å²) >= 11 is 11.2. The molecule has 0 atom stereocenters. The standard InChI is InChI=1S/C8H7Cl2N/c1-6(8(9)10)7-3-2-4-11-5-7/h2-5H,1H3. The van der Waals surface area contributed by atoms with Crippen molar-refractivity contribution in [3.8, 4) is 0 Å². The maximum atomic E-state index is 5.58. The Hall–Kier alpha value is -0.530. The fraction of sp³-hybridized carbons (Fsp3) is 0.125. The first kappa shape index (κ1) is 8.57. The Kier molecular flexibility index (Phi) is 2.92. The van der Waals surface area contributed by atoms with E-state index >= 15 is 0 Å². The van der Waals surface area contributed by atoms with E-state index in [9.17, 15) is 0 Å². The minimum Gasteiger partial charge on any atom is -0.264 e. The average Bonchev–Trinajstić information content (AvgIpc) is 2.05. The Morgan fingerprint density at radius 3 is 2.64 bits per heavy atom. The van der Waals surface area contributed by atoms with Gasteiger partial charge in [-0.15, -0.1) is 0 Å². The Balaban J connectivity index is 3.04. The van der Waals surface area contributed by atoms with Gasteiger partial charge in [-0.05, 0) is 24.1 Å². The fourth-order valence-electron chi connectivity index (χ4n) is 0.694. The van der Waals surface area contributed by atoms with Gasteiger partial charge >= 0.3 is 0 Å². The van der Waals surface area contributed by atoms with Gasteiger partial charge in [0, 0.05) is 12.4 Å². The van der Waals surface area contributed by atoms with E-state index in [1.807, 2.05) is 19.1 Å². The molecule has 1 rings (SSSR count). The summed E-state index contributed by atoms with van der Waals surface area (Å²) in [5, 5.41) is 0. The first-order valence-electron chi connectivity index (χ1n) is 3.14. The third-order valence-corrected chi connectivity index (χ3v) is 1.94. The molecule has 0 aliphatic rings. The van der Waals surface area contributed by atoms with Gasteiger partial charge in [0.15, 0.2) is 0 Å². The lowest BCUT2D eigenvalue weighted by Crippen LogP contribution is -1.80. The summed E-state index contributed by atoms with van der Waals surface area (Å²) in [6.45, 7) is 1.85. The molecular formula is C8H7Cl2N. The predicted molar refractivity (Wildman–Crippen MR) is 48.5 cm³/mol. The molecule has 0 amide bonds. The zero-order valence-corrected chi connectivity index (χ0v) is 7.52. The first-order valence-corrected chi connectivity index (χ1v) is 3.89. The van der Waals surface area contributed by atoms with Gasteiger partial charge in [0.1, 0.15) is 4.49 Å². The summed E-state index contributed by atoms with van der Waals surface area (Å²) < 4.78 is 0.290. The van der Waals surface area contributed by atoms with Crippen LogP contribution >= 0.6 is 23.2 Å². The number of halogens is 2. The minimum absolute atomic E-state index is 0.290. The highest BCUT2D eigenvalue weighted by molar-refractivity contribution is 6.58. The molecule has 0 saturated heterocycles. The topological polar surface area (TPSA) is 12.9 Å². The number of aromatic nitrogens is 1. The van der Waals surface area contributed by atoms with Crippen LogP contribution in [0.15, 0.2) is 29.0 Å². The van der Waals surface area contributed by atoms with Gasteiger partial charge in [-0.25, -0.2) is 0 Å². The Morgan fingerprint density at radius 2 is 2.18 bits per heavy atom. The van der Waals surface area contributed by atoms with Gasteiger partial charge in [0.2, 0.25) is 0 Å². The van der Waals surface area contributed by atoms with Crippen molar-refractivity contribution in [1.29, 1.82) is 0 Å². The quantitative estimate of drug-likeness (QED) is 0.659. The highest BCUT2D eigenvalue weighted by Crippen LogP contribution is 2.22. The number of pyridine rings is 1. The number of rotatable bonds is 1. The number of hydrogen-bond acceptors (Lipinski definition) is 1. The van der Waals surface area contributed by atoms with Crippen molar-refractivity contribution < 1.29 is 0 Å². The van der Waals surface area contributed by atoms with Crippen molar-refractivity contribution in [2.24, 2.45) is 0 Å². The van der Waals surface area contributed by atoms with Crippen molar-refractivity contribution in [3.05, 3.63) is 34.6 Å². The molecule has 0 unspecified atom stereocenters. The molecule has 0 N–H and O–H groups in total. The zero-order valence-electron chi connectivity index (χ0n) is 6.01. The van der Waals surface area contributed by atoms with Gasteiger partial charge in [-0.1, -0.05) is 29.3 Å². The molecule has 1 heterocycles. The molecular weight excluding hydrogens is 181 g/mol. The van der Waals surface area contributed by atoms with E-state index in [0.29, 0.717) is 0 Å². The summed E-state index contributed by atoms with van der Waals surface area (Å²) in [4.78, 5) is 3.94. The SMILES string of the molecule is CC(=C(Cl)Cl)c1cccnc1. The molecule has 1 aromatic rings. The average molecular weight is 188 g/mol. The van der Waals surface area contributed by atoms with Crippen LogP contribution in [0.5, 0.6) is 0 Å². The molecule has 58 valence electrons. The highest BCUT2D eigenvalue weighted by Gasteiger charge is 1.98. The van der Waals surface area contributed by atoms with Gasteiger partial charge < -0.3 is 0 Å². The van der Waals surface area contributed by atoms with Crippen molar-refractivity contribution in [1.82, 2.24) is 4.98 Å². The van der Waals surface area contributed by atoms with Crippen LogP contribution in [0.3, 0.4) is 0 Å². The van der Waals surface area contributed by atoms with Crippen molar-refractivity contribution in [2.75, 3.05) is 0 Å². The van der Waals surface area contributed by atoms with Crippen molar-refractivity contribution >= 4 is 28.8 Å². The van der Waals surface area contributed by atoms with Crippen molar-refractivity contribution in [2.45, 2.75) is 6.92 Å². The summed E-state index contributed by atoms with van der Waals surface area (Å²) in [5.41, 5.74) is 1.80. The van der Waals surface area contributed by atoms with E-state index in [4.69, 9.17) is 23.2 Å². The van der Waals surface area contributed by atoms with Crippen LogP contribution in [-0.2, 0) is 0 Å². The third-order valence-electron chi connectivity index (χ3n) is 1.38. The molecule has 3 heteroatoms. The Morgan fingerprint density at radius 1 is 1.45 bits per heavy atom. The number of nitrogens with zero attached hydrogens (tertiary/aromatic N) is 1. The van der Waals surface area contributed by atoms with Crippen LogP contribution in [0.2, 0.25) is 0 Å². The van der Waals surface area contributed by atoms with E-state index in [2.05, 4.69) is 4.98 Å². The maximum absolute atomic E-state index is 5.58. The van der Waals surface area contributed by atoms with Crippen molar-refractivity contribution in [3.63, 3.8) is 0 Å². The summed E-state index contributed by atoms with van der Waals surface area (Å²) in [6, 6.07) is 3.75. The van der Waals surface area contributed by atoms with Crippen LogP contribution in [0, 0.1) is 0 Å². The van der Waals surface area contributed by atoms with Gasteiger partial charge in [-0.3, -0.25) is 4.98 Å². The monoisotopic (exact) mass is 187 g/mol. The maximum Gasteiger partial charge on any atom is 0.110 e. The second-order valence-corrected chi connectivity index (χ2v) is 3.08. The number of allylic oxidation sites excluding steroid dienone is 1. The number of hydrogen-bond donors (Lipinski definition) is 0. The largest absolute Gasteiger partial charge is 0.264 e. The lowest BCUT2D eigenvalue weighted by molar-refractivity contribution is 1.30. The van der Waals surface area contributed by atoms with Gasteiger partial charge in [-0.2, -0.15) is 0 Å². The van der Waals surface area contributed by atoms with E-state index in [-0.39, 0.29) is 4.49 Å². The zero-order chi connectivity index (χ0) is 8.27. The smallest absolute Gasteiger partial charge is 0.110 e. The Labute approximate surface area is 75.7 Å². The van der Waals surface area contributed by atoms with Crippen LogP contribution in [0.4, 0.5) is 0 Å². The van der Waals surface area contributed by atoms with E-state index in [0.717, 1.165) is 11.1 Å². The van der Waals surface area contributed by atoms with Gasteiger partial charge in [0.05, 0.1) is 0 Å². The van der Waals surface area contributed by atoms with E-state index in [1.165, 1.54) is 0 Å². The van der Waals surface area contributed by atoms with E-state index < -0.39 is 0 Å². The molecule has 11 heavy (non-hydrogen) atoms. The molecule has 0 aromatic carbocycles. The molecule has 1 nitrogen and oxygen atoms in total. The first-order chi connectivity index (χ1) is 5.22. The molecule has 0 radical (unpaired) electrons. The molecule has 0 spiro atoms. The minimum atomic E-state index is 0.290. The second-order valence-electron chi connectivity index (χ2n) is 2.13. The summed E-state index contributed by atoms with van der Waals surface area (Å²) in [5.74, 6) is 0. The Bertz CT molecular complexity index is 263. The molecule has 0 fully saturated rings. The molecule has 0 aliphatic heterocycles. The molecule has 0 saturated carbocycles. The van der Waals surface area contributed by atoms with Crippen LogP contribution in [0.1, 0.15) is 12.5 Å². The second kappa shape index (κ2) is 3.74. The lowest BCUT2D eigenvalue weighted by atomic mass is 10.2. The molecule has 0 bridgehead atoms. The van der Waals surface area contributed by atoms with Crippen LogP contribution in [-0.4, -0.2) is 4.98 Å². The van der Waals surface area contributed by atoms with Crippen LogP contribution < -0.4 is 0 Å².